The Morgan fingerprint density at radius 3 is 2.49 bits per heavy atom. The number of alkyl halides is 3. The van der Waals surface area contributed by atoms with E-state index in [-0.39, 0.29) is 5.56 Å². The van der Waals surface area contributed by atoms with Crippen molar-refractivity contribution in [2.45, 2.75) is 43.8 Å². The number of amides is 1. The Labute approximate surface area is 217 Å². The van der Waals surface area contributed by atoms with Gasteiger partial charge in [0.1, 0.15) is 0 Å². The van der Waals surface area contributed by atoms with Gasteiger partial charge in [0, 0.05) is 28.8 Å². The van der Waals surface area contributed by atoms with Crippen LogP contribution in [0.15, 0.2) is 60.0 Å². The molecule has 192 valence electrons. The van der Waals surface area contributed by atoms with E-state index < -0.39 is 17.6 Å². The number of carbonyl (C=O) groups excluding carboxylic acids is 1. The summed E-state index contributed by atoms with van der Waals surface area (Å²) in [7, 11) is 4.26. The zero-order valence-electron chi connectivity index (χ0n) is 20.5. The summed E-state index contributed by atoms with van der Waals surface area (Å²) in [6, 6.07) is 14.1. The third kappa shape index (κ3) is 5.52. The SMILES string of the molecule is CN(C)C1CCC(c2nc(-c3cccc(NC(=O)c4cccc(C(F)(F)F)c4)c3)nc3ccsc23)CC1. The summed E-state index contributed by atoms with van der Waals surface area (Å²) in [5.74, 6) is 0.324. The van der Waals surface area contributed by atoms with Crippen LogP contribution in [0.4, 0.5) is 18.9 Å². The van der Waals surface area contributed by atoms with E-state index in [1.54, 1.807) is 29.5 Å². The Morgan fingerprint density at radius 1 is 1.00 bits per heavy atom. The highest BCUT2D eigenvalue weighted by molar-refractivity contribution is 7.17. The number of nitrogens with zero attached hydrogens (tertiary/aromatic N) is 3. The highest BCUT2D eigenvalue weighted by Gasteiger charge is 2.31. The van der Waals surface area contributed by atoms with Gasteiger partial charge >= 0.3 is 6.18 Å². The van der Waals surface area contributed by atoms with E-state index in [2.05, 4.69) is 24.3 Å². The minimum absolute atomic E-state index is 0.0632. The number of benzene rings is 2. The van der Waals surface area contributed by atoms with Crippen molar-refractivity contribution in [1.29, 1.82) is 0 Å². The Kier molecular flexibility index (Phi) is 7.00. The molecule has 0 saturated heterocycles. The number of anilines is 1. The summed E-state index contributed by atoms with van der Waals surface area (Å²) < 4.78 is 40.3. The molecule has 1 saturated carbocycles. The van der Waals surface area contributed by atoms with E-state index in [9.17, 15) is 18.0 Å². The van der Waals surface area contributed by atoms with Crippen LogP contribution < -0.4 is 5.32 Å². The van der Waals surface area contributed by atoms with E-state index >= 15 is 0 Å². The lowest BCUT2D eigenvalue weighted by Gasteiger charge is -2.32. The number of hydrogen-bond donors (Lipinski definition) is 1. The average Bonchev–Trinajstić information content (AvgIpc) is 3.37. The largest absolute Gasteiger partial charge is 0.416 e. The van der Waals surface area contributed by atoms with Crippen LogP contribution in [0.2, 0.25) is 0 Å². The van der Waals surface area contributed by atoms with Gasteiger partial charge in [-0.2, -0.15) is 13.2 Å². The zero-order valence-corrected chi connectivity index (χ0v) is 21.4. The minimum atomic E-state index is -4.52. The van der Waals surface area contributed by atoms with Crippen molar-refractivity contribution in [3.8, 4) is 11.4 Å². The van der Waals surface area contributed by atoms with Crippen molar-refractivity contribution in [3.05, 3.63) is 76.8 Å². The second-order valence-electron chi connectivity index (χ2n) is 9.65. The predicted molar refractivity (Wildman–Crippen MR) is 141 cm³/mol. The number of rotatable bonds is 5. The second kappa shape index (κ2) is 10.2. The molecule has 0 atom stereocenters. The van der Waals surface area contributed by atoms with Crippen LogP contribution in [0, 0.1) is 0 Å². The molecule has 2 aromatic heterocycles. The normalized spacial score (nSPS) is 18.3. The van der Waals surface area contributed by atoms with Crippen molar-refractivity contribution in [2.75, 3.05) is 19.4 Å². The van der Waals surface area contributed by atoms with Gasteiger partial charge in [0.15, 0.2) is 5.82 Å². The van der Waals surface area contributed by atoms with Crippen LogP contribution in [-0.2, 0) is 6.18 Å². The van der Waals surface area contributed by atoms with Gasteiger partial charge < -0.3 is 10.2 Å². The van der Waals surface area contributed by atoms with Crippen molar-refractivity contribution in [1.82, 2.24) is 14.9 Å². The van der Waals surface area contributed by atoms with E-state index in [0.29, 0.717) is 23.5 Å². The first kappa shape index (κ1) is 25.4. The molecule has 0 bridgehead atoms. The first-order valence-electron chi connectivity index (χ1n) is 12.2. The number of fused-ring (bicyclic) bond motifs is 1. The maximum absolute atomic E-state index is 13.1. The van der Waals surface area contributed by atoms with E-state index in [0.717, 1.165) is 59.3 Å². The van der Waals surface area contributed by atoms with Gasteiger partial charge in [-0.15, -0.1) is 11.3 Å². The molecule has 2 heterocycles. The quantitative estimate of drug-likeness (QED) is 0.300. The molecule has 1 aliphatic rings. The van der Waals surface area contributed by atoms with E-state index in [1.807, 2.05) is 17.5 Å². The van der Waals surface area contributed by atoms with Crippen molar-refractivity contribution >= 4 is 33.1 Å². The number of aromatic nitrogens is 2. The molecular weight excluding hydrogens is 497 g/mol. The highest BCUT2D eigenvalue weighted by Crippen LogP contribution is 2.39. The number of nitrogens with one attached hydrogen (secondary N) is 1. The van der Waals surface area contributed by atoms with Crippen LogP contribution >= 0.6 is 11.3 Å². The molecule has 0 spiro atoms. The Bertz CT molecular complexity index is 1420. The van der Waals surface area contributed by atoms with Crippen molar-refractivity contribution < 1.29 is 18.0 Å². The summed E-state index contributed by atoms with van der Waals surface area (Å²) in [6.07, 6.45) is -0.127. The smallest absolute Gasteiger partial charge is 0.322 e. The molecule has 0 radical (unpaired) electrons. The summed E-state index contributed by atoms with van der Waals surface area (Å²) in [4.78, 5) is 24.8. The van der Waals surface area contributed by atoms with Gasteiger partial charge in [-0.25, -0.2) is 9.97 Å². The lowest BCUT2D eigenvalue weighted by Crippen LogP contribution is -2.31. The van der Waals surface area contributed by atoms with Gasteiger partial charge in [0.25, 0.3) is 5.91 Å². The first-order chi connectivity index (χ1) is 17.7. The third-order valence-corrected chi connectivity index (χ3v) is 7.90. The van der Waals surface area contributed by atoms with Crippen molar-refractivity contribution in [2.24, 2.45) is 0 Å². The Hall–Kier alpha value is -3.30. The molecule has 5 rings (SSSR count). The molecule has 37 heavy (non-hydrogen) atoms. The fourth-order valence-electron chi connectivity index (χ4n) is 4.93. The van der Waals surface area contributed by atoms with Crippen LogP contribution in [0.3, 0.4) is 0 Å². The van der Waals surface area contributed by atoms with Crippen LogP contribution in [0.5, 0.6) is 0 Å². The van der Waals surface area contributed by atoms with Gasteiger partial charge in [0.05, 0.1) is 21.5 Å². The van der Waals surface area contributed by atoms with Crippen molar-refractivity contribution in [3.63, 3.8) is 0 Å². The number of carbonyl (C=O) groups is 1. The Balaban J connectivity index is 1.41. The van der Waals surface area contributed by atoms with Crippen LogP contribution in [0.1, 0.15) is 53.2 Å². The zero-order chi connectivity index (χ0) is 26.2. The summed E-state index contributed by atoms with van der Waals surface area (Å²) in [5.41, 5.74) is 2.24. The molecule has 1 aliphatic carbocycles. The lowest BCUT2D eigenvalue weighted by molar-refractivity contribution is -0.137. The lowest BCUT2D eigenvalue weighted by atomic mass is 9.83. The fourth-order valence-corrected chi connectivity index (χ4v) is 5.83. The highest BCUT2D eigenvalue weighted by atomic mass is 32.1. The second-order valence-corrected chi connectivity index (χ2v) is 10.6. The first-order valence-corrected chi connectivity index (χ1v) is 13.1. The average molecular weight is 525 g/mol. The molecule has 1 amide bonds. The predicted octanol–water partition coefficient (Wildman–Crippen LogP) is 7.22. The molecule has 9 heteroatoms. The van der Waals surface area contributed by atoms with Gasteiger partial charge in [-0.1, -0.05) is 18.2 Å². The molecule has 5 nitrogen and oxygen atoms in total. The fraction of sp³-hybridized carbons (Fsp3) is 0.321. The molecule has 0 aliphatic heterocycles. The van der Waals surface area contributed by atoms with Gasteiger partial charge in [0.2, 0.25) is 0 Å². The van der Waals surface area contributed by atoms with Crippen LogP contribution in [-0.4, -0.2) is 40.9 Å². The number of thiophene rings is 1. The molecule has 1 N–H and O–H groups in total. The minimum Gasteiger partial charge on any atom is -0.322 e. The summed E-state index contributed by atoms with van der Waals surface area (Å²) in [5, 5.41) is 4.74. The van der Waals surface area contributed by atoms with Crippen LogP contribution in [0.25, 0.3) is 21.6 Å². The number of hydrogen-bond acceptors (Lipinski definition) is 5. The third-order valence-electron chi connectivity index (χ3n) is 6.97. The standard InChI is InChI=1S/C28H27F3N4OS/c1-35(2)22-11-9-17(10-12-22)24-25-23(13-14-37-25)33-26(34-24)18-5-4-8-21(16-18)32-27(36)19-6-3-7-20(15-19)28(29,30)31/h3-8,13-17,22H,9-12H2,1-2H3,(H,32,36). The molecule has 2 aromatic carbocycles. The maximum atomic E-state index is 13.1. The number of halogens is 3. The van der Waals surface area contributed by atoms with Gasteiger partial charge in [-0.3, -0.25) is 4.79 Å². The van der Waals surface area contributed by atoms with Gasteiger partial charge in [-0.05, 0) is 81.6 Å². The Morgan fingerprint density at radius 2 is 1.76 bits per heavy atom. The molecule has 1 fully saturated rings. The molecule has 4 aromatic rings. The topological polar surface area (TPSA) is 58.1 Å². The summed E-state index contributed by atoms with van der Waals surface area (Å²) >= 11 is 1.66. The monoisotopic (exact) mass is 524 g/mol. The maximum Gasteiger partial charge on any atom is 0.416 e. The van der Waals surface area contributed by atoms with E-state index in [4.69, 9.17) is 9.97 Å². The van der Waals surface area contributed by atoms with E-state index in [1.165, 1.54) is 12.1 Å². The summed E-state index contributed by atoms with van der Waals surface area (Å²) in [6.45, 7) is 0. The molecule has 0 unspecified atom stereocenters. The molecular formula is C28H27F3N4OS.